The first-order valence-corrected chi connectivity index (χ1v) is 9.88. The van der Waals surface area contributed by atoms with Crippen LogP contribution in [0.5, 0.6) is 5.75 Å². The fourth-order valence-corrected chi connectivity index (χ4v) is 3.90. The molecular weight excluding hydrogens is 405 g/mol. The van der Waals surface area contributed by atoms with Crippen LogP contribution in [0.1, 0.15) is 24.0 Å². The fourth-order valence-electron chi connectivity index (χ4n) is 3.90. The molecule has 2 N–H and O–H groups in total. The lowest BCUT2D eigenvalue weighted by atomic mass is 9.98. The number of allylic oxidation sites excluding steroid dienone is 1. The quantitative estimate of drug-likeness (QED) is 0.508. The van der Waals surface area contributed by atoms with Crippen LogP contribution in [0.3, 0.4) is 0 Å². The van der Waals surface area contributed by atoms with Crippen LogP contribution in [0.15, 0.2) is 60.7 Å². The van der Waals surface area contributed by atoms with Gasteiger partial charge < -0.3 is 15.3 Å². The third kappa shape index (κ3) is 4.35. The molecule has 4 rings (SSSR count). The van der Waals surface area contributed by atoms with Crippen molar-refractivity contribution in [2.45, 2.75) is 19.0 Å². The van der Waals surface area contributed by atoms with E-state index in [-0.39, 0.29) is 11.7 Å². The molecule has 7 heteroatoms. The van der Waals surface area contributed by atoms with E-state index in [4.69, 9.17) is 0 Å². The van der Waals surface area contributed by atoms with Gasteiger partial charge in [0.2, 0.25) is 5.91 Å². The molecule has 31 heavy (non-hydrogen) atoms. The smallest absolute Gasteiger partial charge is 0.416 e. The average molecular weight is 426 g/mol. The summed E-state index contributed by atoms with van der Waals surface area (Å²) in [5, 5.41) is 14.2. The molecule has 0 aliphatic carbocycles. The Bertz CT molecular complexity index is 1190. The van der Waals surface area contributed by atoms with Crippen molar-refractivity contribution >= 4 is 33.6 Å². The number of halogens is 3. The molecule has 1 aliphatic rings. The second-order valence-electron chi connectivity index (χ2n) is 7.62. The molecule has 0 saturated carbocycles. The number of aromatic hydroxyl groups is 1. The number of phenols is 1. The van der Waals surface area contributed by atoms with Gasteiger partial charge in [0.25, 0.3) is 0 Å². The fraction of sp³-hybridized carbons (Fsp3) is 0.208. The highest BCUT2D eigenvalue weighted by Crippen LogP contribution is 2.38. The second kappa shape index (κ2) is 7.98. The summed E-state index contributed by atoms with van der Waals surface area (Å²) in [5.41, 5.74) is 1.61. The molecule has 1 amide bonds. The number of amides is 1. The van der Waals surface area contributed by atoms with Gasteiger partial charge in [0, 0.05) is 42.0 Å². The number of phenolic OH excluding ortho intramolecular Hbond substituents is 1. The molecule has 4 nitrogen and oxygen atoms in total. The minimum atomic E-state index is -4.43. The number of rotatable bonds is 2. The van der Waals surface area contributed by atoms with E-state index >= 15 is 0 Å². The van der Waals surface area contributed by atoms with E-state index in [0.717, 1.165) is 17.5 Å². The van der Waals surface area contributed by atoms with E-state index in [1.165, 1.54) is 12.1 Å². The minimum Gasteiger partial charge on any atom is -0.508 e. The number of hydrogen-bond acceptors (Lipinski definition) is 3. The summed E-state index contributed by atoms with van der Waals surface area (Å²) in [6.07, 6.45) is -1.68. The summed E-state index contributed by atoms with van der Waals surface area (Å²) in [7, 11) is 1.75. The van der Waals surface area contributed by atoms with Crippen molar-refractivity contribution < 1.29 is 23.1 Å². The predicted molar refractivity (Wildman–Crippen MR) is 116 cm³/mol. The molecule has 160 valence electrons. The van der Waals surface area contributed by atoms with Crippen molar-refractivity contribution in [3.8, 4) is 5.75 Å². The van der Waals surface area contributed by atoms with E-state index in [2.05, 4.69) is 5.32 Å². The van der Waals surface area contributed by atoms with Crippen LogP contribution in [-0.4, -0.2) is 24.6 Å². The maximum Gasteiger partial charge on any atom is 0.416 e. The Morgan fingerprint density at radius 1 is 1.13 bits per heavy atom. The van der Waals surface area contributed by atoms with E-state index in [1.54, 1.807) is 42.3 Å². The maximum atomic E-state index is 13.2. The van der Waals surface area contributed by atoms with Crippen LogP contribution in [0.4, 0.5) is 24.5 Å². The molecule has 0 bridgehead atoms. The van der Waals surface area contributed by atoms with Crippen LogP contribution in [-0.2, 0) is 11.0 Å². The van der Waals surface area contributed by atoms with Gasteiger partial charge in [0.1, 0.15) is 5.75 Å². The van der Waals surface area contributed by atoms with Gasteiger partial charge in [0.05, 0.1) is 5.56 Å². The monoisotopic (exact) mass is 426 g/mol. The lowest BCUT2D eigenvalue weighted by Crippen LogP contribution is -2.18. The van der Waals surface area contributed by atoms with Crippen LogP contribution < -0.4 is 10.2 Å². The maximum absolute atomic E-state index is 13.2. The zero-order valence-corrected chi connectivity index (χ0v) is 16.8. The minimum absolute atomic E-state index is 0.0914. The number of fused-ring (bicyclic) bond motifs is 2. The summed E-state index contributed by atoms with van der Waals surface area (Å²) in [4.78, 5) is 14.6. The van der Waals surface area contributed by atoms with Crippen LogP contribution in [0, 0.1) is 0 Å². The van der Waals surface area contributed by atoms with E-state index in [9.17, 15) is 23.1 Å². The molecule has 0 unspecified atom stereocenters. The topological polar surface area (TPSA) is 52.6 Å². The number of hydrogen-bond donors (Lipinski definition) is 2. The highest BCUT2D eigenvalue weighted by molar-refractivity contribution is 6.09. The van der Waals surface area contributed by atoms with Crippen LogP contribution in [0.2, 0.25) is 0 Å². The Kier molecular flexibility index (Phi) is 5.35. The molecule has 1 heterocycles. The molecule has 0 spiro atoms. The van der Waals surface area contributed by atoms with Crippen molar-refractivity contribution in [1.82, 2.24) is 0 Å². The van der Waals surface area contributed by atoms with Crippen molar-refractivity contribution in [3.05, 3.63) is 71.8 Å². The third-order valence-electron chi connectivity index (χ3n) is 5.45. The van der Waals surface area contributed by atoms with Gasteiger partial charge in [0.15, 0.2) is 0 Å². The van der Waals surface area contributed by atoms with E-state index in [1.807, 2.05) is 6.07 Å². The zero-order chi connectivity index (χ0) is 22.2. The normalized spacial score (nSPS) is 15.6. The summed E-state index contributed by atoms with van der Waals surface area (Å²) in [5.74, 6) is -0.282. The largest absolute Gasteiger partial charge is 0.508 e. The third-order valence-corrected chi connectivity index (χ3v) is 5.45. The van der Waals surface area contributed by atoms with Crippen molar-refractivity contribution in [2.24, 2.45) is 0 Å². The van der Waals surface area contributed by atoms with Crippen LogP contribution in [0.25, 0.3) is 16.3 Å². The molecule has 3 aromatic carbocycles. The van der Waals surface area contributed by atoms with Gasteiger partial charge in [-0.25, -0.2) is 0 Å². The van der Waals surface area contributed by atoms with Gasteiger partial charge in [-0.1, -0.05) is 24.3 Å². The standard InChI is InChI=1S/C24H21F3N2O2/c1-29-11-3-5-16(19-10-8-17(13-22(19)29)24(25,26)27)12-23(31)28-21-6-2-4-15-7-9-18(30)14-20(15)21/h2,4,6-10,12-14,30H,3,5,11H2,1H3,(H,28,31). The van der Waals surface area contributed by atoms with E-state index in [0.29, 0.717) is 47.3 Å². The average Bonchev–Trinajstić information content (AvgIpc) is 2.86. The molecule has 0 saturated heterocycles. The van der Waals surface area contributed by atoms with Crippen molar-refractivity contribution in [3.63, 3.8) is 0 Å². The number of nitrogens with one attached hydrogen (secondary N) is 1. The molecule has 3 aromatic rings. The summed E-state index contributed by atoms with van der Waals surface area (Å²) < 4.78 is 39.5. The number of carbonyl (C=O) groups excluding carboxylic acids is 1. The highest BCUT2D eigenvalue weighted by atomic mass is 19.4. The first-order chi connectivity index (χ1) is 14.7. The van der Waals surface area contributed by atoms with Crippen molar-refractivity contribution in [2.75, 3.05) is 23.8 Å². The van der Waals surface area contributed by atoms with Gasteiger partial charge in [-0.15, -0.1) is 0 Å². The molecule has 1 aliphatic heterocycles. The van der Waals surface area contributed by atoms with Gasteiger partial charge in [-0.05, 0) is 54.1 Å². The number of anilines is 2. The number of benzene rings is 3. The Balaban J connectivity index is 1.68. The zero-order valence-electron chi connectivity index (χ0n) is 16.8. The van der Waals surface area contributed by atoms with Gasteiger partial charge >= 0.3 is 6.18 Å². The number of carbonyl (C=O) groups is 1. The Morgan fingerprint density at radius 3 is 2.71 bits per heavy atom. The van der Waals surface area contributed by atoms with Crippen LogP contribution >= 0.6 is 0 Å². The summed E-state index contributed by atoms with van der Waals surface area (Å²) >= 11 is 0. The molecule has 0 aromatic heterocycles. The van der Waals surface area contributed by atoms with Crippen molar-refractivity contribution in [1.29, 1.82) is 0 Å². The Labute approximate surface area is 177 Å². The van der Waals surface area contributed by atoms with Gasteiger partial charge in [-0.2, -0.15) is 13.2 Å². The lowest BCUT2D eigenvalue weighted by molar-refractivity contribution is -0.137. The molecule has 0 radical (unpaired) electrons. The van der Waals surface area contributed by atoms with E-state index < -0.39 is 11.7 Å². The van der Waals surface area contributed by atoms with Gasteiger partial charge in [-0.3, -0.25) is 4.79 Å². The molecule has 0 atom stereocenters. The molecule has 0 fully saturated rings. The summed E-state index contributed by atoms with van der Waals surface area (Å²) in [6, 6.07) is 14.0. The second-order valence-corrected chi connectivity index (χ2v) is 7.62. The predicted octanol–water partition coefficient (Wildman–Crippen LogP) is 5.82. The SMILES string of the molecule is CN1CCCC(=CC(=O)Nc2cccc3ccc(O)cc23)c2ccc(C(F)(F)F)cc21. The Hall–Kier alpha value is -3.48. The summed E-state index contributed by atoms with van der Waals surface area (Å²) in [6.45, 7) is 0.593. The lowest BCUT2D eigenvalue weighted by Gasteiger charge is -2.21. The molecular formula is C24H21F3N2O2. The first-order valence-electron chi connectivity index (χ1n) is 9.88. The number of alkyl halides is 3. The number of nitrogens with zero attached hydrogens (tertiary/aromatic N) is 1. The highest BCUT2D eigenvalue weighted by Gasteiger charge is 2.32. The first kappa shape index (κ1) is 20.8. The Morgan fingerprint density at radius 2 is 1.94 bits per heavy atom.